The van der Waals surface area contributed by atoms with Gasteiger partial charge in [0.1, 0.15) is 0 Å². The van der Waals surface area contributed by atoms with E-state index in [4.69, 9.17) is 4.74 Å². The average molecular weight is 325 g/mol. The summed E-state index contributed by atoms with van der Waals surface area (Å²) in [6.45, 7) is 7.57. The van der Waals surface area contributed by atoms with Gasteiger partial charge in [-0.2, -0.15) is 0 Å². The highest BCUT2D eigenvalue weighted by Crippen LogP contribution is 2.15. The van der Waals surface area contributed by atoms with Crippen LogP contribution in [-0.2, 0) is 4.74 Å². The van der Waals surface area contributed by atoms with Crippen LogP contribution in [0.25, 0.3) is 0 Å². The van der Waals surface area contributed by atoms with Crippen molar-refractivity contribution in [2.24, 2.45) is 0 Å². The van der Waals surface area contributed by atoms with Gasteiger partial charge < -0.3 is 4.74 Å². The molecule has 0 fully saturated rings. The first kappa shape index (κ1) is 22.5. The second kappa shape index (κ2) is 19.6. The Balaban J connectivity index is 3.28. The van der Waals surface area contributed by atoms with Crippen molar-refractivity contribution in [3.8, 4) is 0 Å². The van der Waals surface area contributed by atoms with E-state index in [1.807, 2.05) is 0 Å². The second-order valence-electron chi connectivity index (χ2n) is 6.95. The van der Waals surface area contributed by atoms with Crippen molar-refractivity contribution in [3.63, 3.8) is 0 Å². The average Bonchev–Trinajstić information content (AvgIpc) is 2.57. The number of hydrogen-bond acceptors (Lipinski definition) is 1. The Hall–Kier alpha value is -0.460. The van der Waals surface area contributed by atoms with Crippen molar-refractivity contribution in [2.75, 3.05) is 6.61 Å². The topological polar surface area (TPSA) is 9.23 Å². The summed E-state index contributed by atoms with van der Waals surface area (Å²) in [5, 5.41) is 0. The minimum atomic E-state index is 0.914. The maximum absolute atomic E-state index is 5.89. The molecule has 23 heavy (non-hydrogen) atoms. The molecule has 0 heterocycles. The number of unbranched alkanes of at least 4 members (excludes halogenated alkanes) is 13. The van der Waals surface area contributed by atoms with Gasteiger partial charge in [0, 0.05) is 6.42 Å². The Kier molecular flexibility index (Phi) is 19.2. The normalized spacial score (nSPS) is 11.9. The van der Waals surface area contributed by atoms with Crippen LogP contribution >= 0.6 is 0 Å². The van der Waals surface area contributed by atoms with Gasteiger partial charge in [0.05, 0.1) is 12.4 Å². The quantitative estimate of drug-likeness (QED) is 0.182. The lowest BCUT2D eigenvalue weighted by atomic mass is 10.0. The van der Waals surface area contributed by atoms with E-state index < -0.39 is 0 Å². The van der Waals surface area contributed by atoms with Crippen LogP contribution in [0.3, 0.4) is 0 Å². The maximum Gasteiger partial charge on any atom is 0.0917 e. The van der Waals surface area contributed by atoms with Crippen LogP contribution in [0.1, 0.15) is 124 Å². The number of rotatable bonds is 18. The molecule has 0 saturated heterocycles. The third-order valence-electron chi connectivity index (χ3n) is 4.63. The van der Waals surface area contributed by atoms with Crippen LogP contribution in [0.2, 0.25) is 0 Å². The summed E-state index contributed by atoms with van der Waals surface area (Å²) in [6.07, 6.45) is 24.0. The molecule has 0 spiro atoms. The third kappa shape index (κ3) is 17.7. The predicted octanol–water partition coefficient (Wildman–Crippen LogP) is 8.19. The van der Waals surface area contributed by atoms with E-state index in [0.29, 0.717) is 0 Å². The smallest absolute Gasteiger partial charge is 0.0917 e. The van der Waals surface area contributed by atoms with Gasteiger partial charge in [-0.15, -0.1) is 0 Å². The van der Waals surface area contributed by atoms with Gasteiger partial charge in [-0.3, -0.25) is 0 Å². The molecule has 0 aromatic heterocycles. The van der Waals surface area contributed by atoms with Crippen LogP contribution in [-0.4, -0.2) is 6.61 Å². The zero-order valence-electron chi connectivity index (χ0n) is 16.5. The van der Waals surface area contributed by atoms with Gasteiger partial charge in [-0.1, -0.05) is 97.3 Å². The molecule has 0 aromatic rings. The third-order valence-corrected chi connectivity index (χ3v) is 4.63. The largest absolute Gasteiger partial charge is 0.498 e. The van der Waals surface area contributed by atoms with Gasteiger partial charge in [-0.05, 0) is 25.8 Å². The molecule has 0 aliphatic heterocycles. The van der Waals surface area contributed by atoms with Crippen LogP contribution in [0.5, 0.6) is 0 Å². The number of allylic oxidation sites excluding steroid dienone is 2. The molecule has 0 N–H and O–H groups in total. The van der Waals surface area contributed by atoms with Crippen molar-refractivity contribution >= 4 is 0 Å². The highest BCUT2D eigenvalue weighted by Gasteiger charge is 1.99. The molecule has 0 aliphatic rings. The van der Waals surface area contributed by atoms with Crippen molar-refractivity contribution < 1.29 is 4.74 Å². The molecule has 0 unspecified atom stereocenters. The fourth-order valence-electron chi connectivity index (χ4n) is 3.00. The molecule has 0 saturated carbocycles. The minimum absolute atomic E-state index is 0.914. The van der Waals surface area contributed by atoms with E-state index in [-0.39, 0.29) is 0 Å². The summed E-state index contributed by atoms with van der Waals surface area (Å²) in [7, 11) is 0. The second-order valence-corrected chi connectivity index (χ2v) is 6.95. The summed E-state index contributed by atoms with van der Waals surface area (Å²) < 4.78 is 5.89. The zero-order chi connectivity index (χ0) is 17.0. The summed E-state index contributed by atoms with van der Waals surface area (Å²) in [5.41, 5.74) is 0. The lowest BCUT2D eigenvalue weighted by Crippen LogP contribution is -1.96. The molecule has 0 atom stereocenters. The first-order chi connectivity index (χ1) is 11.3. The van der Waals surface area contributed by atoms with Gasteiger partial charge in [0.25, 0.3) is 0 Å². The minimum Gasteiger partial charge on any atom is -0.498 e. The standard InChI is InChI=1S/C22H44O/c1-4-7-9-11-12-13-14-15-16-17-18-20-22(6-3)23-21-19-10-8-5-2/h6H,4-5,7-21H2,1-3H3/b22-6-. The van der Waals surface area contributed by atoms with Crippen molar-refractivity contribution in [2.45, 2.75) is 124 Å². The van der Waals surface area contributed by atoms with Gasteiger partial charge >= 0.3 is 0 Å². The Labute approximate surface area is 147 Å². The SMILES string of the molecule is C/C=C(/CCCCCCCCCCCCC)OCCCCCC. The number of ether oxygens (including phenoxy) is 1. The number of hydrogen-bond donors (Lipinski definition) is 0. The van der Waals surface area contributed by atoms with Crippen LogP contribution < -0.4 is 0 Å². The molecular weight excluding hydrogens is 280 g/mol. The Morgan fingerprint density at radius 3 is 1.52 bits per heavy atom. The monoisotopic (exact) mass is 324 g/mol. The fourth-order valence-corrected chi connectivity index (χ4v) is 3.00. The highest BCUT2D eigenvalue weighted by molar-refractivity contribution is 4.90. The van der Waals surface area contributed by atoms with Crippen molar-refractivity contribution in [1.29, 1.82) is 0 Å². The van der Waals surface area contributed by atoms with Gasteiger partial charge in [0.2, 0.25) is 0 Å². The molecule has 1 nitrogen and oxygen atoms in total. The molecule has 0 aromatic carbocycles. The van der Waals surface area contributed by atoms with E-state index >= 15 is 0 Å². The molecule has 0 aliphatic carbocycles. The molecule has 0 radical (unpaired) electrons. The fraction of sp³-hybridized carbons (Fsp3) is 0.909. The molecule has 138 valence electrons. The zero-order valence-corrected chi connectivity index (χ0v) is 16.5. The molecule has 0 rings (SSSR count). The lowest BCUT2D eigenvalue weighted by Gasteiger charge is -2.10. The van der Waals surface area contributed by atoms with E-state index in [2.05, 4.69) is 26.8 Å². The molecule has 0 bridgehead atoms. The van der Waals surface area contributed by atoms with E-state index in [0.717, 1.165) is 13.0 Å². The van der Waals surface area contributed by atoms with Gasteiger partial charge in [-0.25, -0.2) is 0 Å². The summed E-state index contributed by atoms with van der Waals surface area (Å²) in [5.74, 6) is 1.22. The maximum atomic E-state index is 5.89. The van der Waals surface area contributed by atoms with Crippen molar-refractivity contribution in [3.05, 3.63) is 11.8 Å². The Morgan fingerprint density at radius 1 is 0.609 bits per heavy atom. The molecular formula is C22H44O. The van der Waals surface area contributed by atoms with Crippen molar-refractivity contribution in [1.82, 2.24) is 0 Å². The summed E-state index contributed by atoms with van der Waals surface area (Å²) >= 11 is 0. The lowest BCUT2D eigenvalue weighted by molar-refractivity contribution is 0.193. The van der Waals surface area contributed by atoms with Crippen LogP contribution in [0.15, 0.2) is 11.8 Å². The Morgan fingerprint density at radius 2 is 1.04 bits per heavy atom. The first-order valence-corrected chi connectivity index (χ1v) is 10.6. The van der Waals surface area contributed by atoms with Crippen LogP contribution in [0, 0.1) is 0 Å². The van der Waals surface area contributed by atoms with E-state index in [9.17, 15) is 0 Å². The Bertz CT molecular complexity index is 244. The highest BCUT2D eigenvalue weighted by atomic mass is 16.5. The molecule has 0 amide bonds. The van der Waals surface area contributed by atoms with Gasteiger partial charge in [0.15, 0.2) is 0 Å². The first-order valence-electron chi connectivity index (χ1n) is 10.6. The summed E-state index contributed by atoms with van der Waals surface area (Å²) in [4.78, 5) is 0. The van der Waals surface area contributed by atoms with E-state index in [1.54, 1.807) is 0 Å². The predicted molar refractivity (Wildman–Crippen MR) is 105 cm³/mol. The molecule has 1 heteroatoms. The van der Waals surface area contributed by atoms with Crippen LogP contribution in [0.4, 0.5) is 0 Å². The summed E-state index contributed by atoms with van der Waals surface area (Å²) in [6, 6.07) is 0. The van der Waals surface area contributed by atoms with E-state index in [1.165, 1.54) is 102 Å².